The zero-order chi connectivity index (χ0) is 17.0. The van der Waals surface area contributed by atoms with Crippen molar-refractivity contribution in [2.75, 3.05) is 11.9 Å². The number of hydrogen-bond donors (Lipinski definition) is 3. The molecule has 0 amide bonds. The zero-order valence-electron chi connectivity index (χ0n) is 13.7. The van der Waals surface area contributed by atoms with Gasteiger partial charge in [-0.2, -0.15) is 0 Å². The van der Waals surface area contributed by atoms with Gasteiger partial charge in [0, 0.05) is 29.4 Å². The molecule has 0 aliphatic rings. The SMILES string of the molecule is CC[C@H](N)CNc1cc(C(C)C)nc(-c2cc(Cl)ccc2O)n1. The van der Waals surface area contributed by atoms with Crippen LogP contribution in [0.4, 0.5) is 5.82 Å². The molecule has 0 saturated carbocycles. The molecular formula is C17H23ClN4O. The van der Waals surface area contributed by atoms with Crippen LogP contribution in [0.2, 0.25) is 5.02 Å². The van der Waals surface area contributed by atoms with Crippen LogP contribution in [0.15, 0.2) is 24.3 Å². The van der Waals surface area contributed by atoms with Crippen molar-refractivity contribution in [1.82, 2.24) is 9.97 Å². The van der Waals surface area contributed by atoms with Crippen molar-refractivity contribution in [3.8, 4) is 17.1 Å². The van der Waals surface area contributed by atoms with E-state index in [4.69, 9.17) is 17.3 Å². The Kier molecular flexibility index (Phi) is 5.80. The Hall–Kier alpha value is -1.85. The summed E-state index contributed by atoms with van der Waals surface area (Å²) in [5, 5.41) is 13.9. The van der Waals surface area contributed by atoms with Crippen LogP contribution >= 0.6 is 11.6 Å². The van der Waals surface area contributed by atoms with E-state index in [1.54, 1.807) is 18.2 Å². The lowest BCUT2D eigenvalue weighted by Crippen LogP contribution is -2.28. The lowest BCUT2D eigenvalue weighted by Gasteiger charge is -2.14. The van der Waals surface area contributed by atoms with E-state index < -0.39 is 0 Å². The average Bonchev–Trinajstić information content (AvgIpc) is 2.54. The second-order valence-electron chi connectivity index (χ2n) is 5.87. The van der Waals surface area contributed by atoms with Gasteiger partial charge in [-0.05, 0) is 30.5 Å². The third kappa shape index (κ3) is 4.56. The second-order valence-corrected chi connectivity index (χ2v) is 6.30. The summed E-state index contributed by atoms with van der Waals surface area (Å²) in [5.74, 6) is 1.48. The summed E-state index contributed by atoms with van der Waals surface area (Å²) in [6.45, 7) is 6.80. The molecule has 0 unspecified atom stereocenters. The number of halogens is 1. The third-order valence-corrected chi connectivity index (χ3v) is 3.84. The number of aromatic nitrogens is 2. The number of nitrogens with zero attached hydrogens (tertiary/aromatic N) is 2. The van der Waals surface area contributed by atoms with Crippen LogP contribution in [-0.2, 0) is 0 Å². The molecule has 1 aromatic carbocycles. The van der Waals surface area contributed by atoms with Gasteiger partial charge in [-0.25, -0.2) is 9.97 Å². The molecule has 0 aliphatic heterocycles. The van der Waals surface area contributed by atoms with Gasteiger partial charge in [0.2, 0.25) is 0 Å². The topological polar surface area (TPSA) is 84.1 Å². The Labute approximate surface area is 141 Å². The molecule has 23 heavy (non-hydrogen) atoms. The van der Waals surface area contributed by atoms with Crippen molar-refractivity contribution in [3.05, 3.63) is 35.0 Å². The highest BCUT2D eigenvalue weighted by Gasteiger charge is 2.13. The monoisotopic (exact) mass is 334 g/mol. The van der Waals surface area contributed by atoms with E-state index in [9.17, 15) is 5.11 Å². The number of benzene rings is 1. The molecule has 4 N–H and O–H groups in total. The van der Waals surface area contributed by atoms with Crippen molar-refractivity contribution < 1.29 is 5.11 Å². The van der Waals surface area contributed by atoms with Crippen LogP contribution in [0.1, 0.15) is 38.8 Å². The normalized spacial score (nSPS) is 12.4. The van der Waals surface area contributed by atoms with Gasteiger partial charge in [0.25, 0.3) is 0 Å². The van der Waals surface area contributed by atoms with Crippen LogP contribution in [0.3, 0.4) is 0 Å². The first-order valence-electron chi connectivity index (χ1n) is 7.78. The van der Waals surface area contributed by atoms with Gasteiger partial charge in [-0.1, -0.05) is 32.4 Å². The fraction of sp³-hybridized carbons (Fsp3) is 0.412. The van der Waals surface area contributed by atoms with E-state index in [0.29, 0.717) is 28.8 Å². The summed E-state index contributed by atoms with van der Waals surface area (Å²) >= 11 is 6.03. The first-order valence-corrected chi connectivity index (χ1v) is 8.15. The Balaban J connectivity index is 2.42. The van der Waals surface area contributed by atoms with Gasteiger partial charge in [-0.15, -0.1) is 0 Å². The molecule has 0 saturated heterocycles. The largest absolute Gasteiger partial charge is 0.507 e. The minimum atomic E-state index is 0.0653. The Bertz CT molecular complexity index is 676. The number of nitrogens with two attached hydrogens (primary N) is 1. The summed E-state index contributed by atoms with van der Waals surface area (Å²) in [7, 11) is 0. The van der Waals surface area contributed by atoms with E-state index in [1.807, 2.05) is 13.0 Å². The van der Waals surface area contributed by atoms with Gasteiger partial charge < -0.3 is 16.2 Å². The third-order valence-electron chi connectivity index (χ3n) is 3.61. The van der Waals surface area contributed by atoms with E-state index in [2.05, 4.69) is 29.1 Å². The van der Waals surface area contributed by atoms with Gasteiger partial charge in [0.15, 0.2) is 5.82 Å². The molecule has 1 aromatic heterocycles. The van der Waals surface area contributed by atoms with Crippen LogP contribution in [0.25, 0.3) is 11.4 Å². The molecule has 6 heteroatoms. The second kappa shape index (κ2) is 7.62. The molecule has 0 radical (unpaired) electrons. The zero-order valence-corrected chi connectivity index (χ0v) is 14.4. The van der Waals surface area contributed by atoms with Crippen LogP contribution in [0, 0.1) is 0 Å². The maximum atomic E-state index is 10.1. The Morgan fingerprint density at radius 2 is 2.00 bits per heavy atom. The predicted octanol–water partition coefficient (Wildman–Crippen LogP) is 3.78. The standard InChI is InChI=1S/C17H23ClN4O/c1-4-12(19)9-20-16-8-14(10(2)3)21-17(22-16)13-7-11(18)5-6-15(13)23/h5-8,10,12,23H,4,9,19H2,1-3H3,(H,20,21,22)/t12-/m0/s1. The van der Waals surface area contributed by atoms with Crippen molar-refractivity contribution in [2.24, 2.45) is 5.73 Å². The molecule has 2 aromatic rings. The first kappa shape index (κ1) is 17.5. The molecule has 1 atom stereocenters. The highest BCUT2D eigenvalue weighted by Crippen LogP contribution is 2.31. The number of aromatic hydroxyl groups is 1. The van der Waals surface area contributed by atoms with Gasteiger partial charge >= 0.3 is 0 Å². The number of rotatable bonds is 6. The predicted molar refractivity (Wildman–Crippen MR) is 95.0 cm³/mol. The van der Waals surface area contributed by atoms with Crippen LogP contribution < -0.4 is 11.1 Å². The lowest BCUT2D eigenvalue weighted by molar-refractivity contribution is 0.477. The molecule has 0 aliphatic carbocycles. The Morgan fingerprint density at radius 1 is 1.26 bits per heavy atom. The summed E-state index contributed by atoms with van der Waals surface area (Å²) < 4.78 is 0. The maximum absolute atomic E-state index is 10.1. The number of phenols is 1. The van der Waals surface area contributed by atoms with Crippen LogP contribution in [-0.4, -0.2) is 27.7 Å². The number of phenolic OH excluding ortho intramolecular Hbond substituents is 1. The van der Waals surface area contributed by atoms with Crippen molar-refractivity contribution in [1.29, 1.82) is 0 Å². The Morgan fingerprint density at radius 3 is 2.65 bits per heavy atom. The summed E-state index contributed by atoms with van der Waals surface area (Å²) in [6, 6.07) is 6.82. The smallest absolute Gasteiger partial charge is 0.165 e. The highest BCUT2D eigenvalue weighted by atomic mass is 35.5. The number of anilines is 1. The molecule has 0 fully saturated rings. The van der Waals surface area contributed by atoms with E-state index >= 15 is 0 Å². The molecular weight excluding hydrogens is 312 g/mol. The minimum absolute atomic E-state index is 0.0653. The minimum Gasteiger partial charge on any atom is -0.507 e. The number of hydrogen-bond acceptors (Lipinski definition) is 5. The van der Waals surface area contributed by atoms with E-state index in [-0.39, 0.29) is 17.7 Å². The maximum Gasteiger partial charge on any atom is 0.165 e. The first-order chi connectivity index (χ1) is 10.9. The average molecular weight is 335 g/mol. The van der Waals surface area contributed by atoms with Gasteiger partial charge in [0.1, 0.15) is 11.6 Å². The van der Waals surface area contributed by atoms with Gasteiger partial charge in [-0.3, -0.25) is 0 Å². The fourth-order valence-corrected chi connectivity index (χ4v) is 2.21. The molecule has 0 spiro atoms. The van der Waals surface area contributed by atoms with Crippen molar-refractivity contribution >= 4 is 17.4 Å². The lowest BCUT2D eigenvalue weighted by atomic mass is 10.1. The van der Waals surface area contributed by atoms with Crippen LogP contribution in [0.5, 0.6) is 5.75 Å². The fourth-order valence-electron chi connectivity index (χ4n) is 2.04. The van der Waals surface area contributed by atoms with Gasteiger partial charge in [0.05, 0.1) is 5.56 Å². The molecule has 0 bridgehead atoms. The summed E-state index contributed by atoms with van der Waals surface area (Å²) in [6.07, 6.45) is 0.886. The highest BCUT2D eigenvalue weighted by molar-refractivity contribution is 6.30. The molecule has 1 heterocycles. The van der Waals surface area contributed by atoms with Crippen molar-refractivity contribution in [3.63, 3.8) is 0 Å². The van der Waals surface area contributed by atoms with E-state index in [1.165, 1.54) is 0 Å². The summed E-state index contributed by atoms with van der Waals surface area (Å²) in [4.78, 5) is 9.05. The van der Waals surface area contributed by atoms with E-state index in [0.717, 1.165) is 12.1 Å². The molecule has 2 rings (SSSR count). The molecule has 124 valence electrons. The summed E-state index contributed by atoms with van der Waals surface area (Å²) in [5.41, 5.74) is 7.36. The van der Waals surface area contributed by atoms with Crippen molar-refractivity contribution in [2.45, 2.75) is 39.2 Å². The quantitative estimate of drug-likeness (QED) is 0.748. The number of nitrogens with one attached hydrogen (secondary N) is 1. The molecule has 5 nitrogen and oxygen atoms in total.